The van der Waals surface area contributed by atoms with Crippen LogP contribution in [0.4, 0.5) is 0 Å². The van der Waals surface area contributed by atoms with Crippen LogP contribution in [0.1, 0.15) is 59.2 Å². The van der Waals surface area contributed by atoms with Gasteiger partial charge in [-0.2, -0.15) is 0 Å². The minimum absolute atomic E-state index is 0.162. The fourth-order valence-electron chi connectivity index (χ4n) is 5.09. The van der Waals surface area contributed by atoms with Crippen molar-refractivity contribution in [2.75, 3.05) is 40.6 Å². The molecule has 3 aromatic rings. The highest BCUT2D eigenvalue weighted by Gasteiger charge is 2.29. The zero-order valence-corrected chi connectivity index (χ0v) is 25.8. The van der Waals surface area contributed by atoms with Crippen molar-refractivity contribution in [3.8, 4) is 23.0 Å². The van der Waals surface area contributed by atoms with Crippen LogP contribution in [0.2, 0.25) is 0 Å². The molecule has 1 N–H and O–H groups in total. The van der Waals surface area contributed by atoms with Gasteiger partial charge in [-0.15, -0.1) is 0 Å². The van der Waals surface area contributed by atoms with Crippen LogP contribution in [0.3, 0.4) is 0 Å². The molecule has 240 valence electrons. The van der Waals surface area contributed by atoms with Gasteiger partial charge in [0.2, 0.25) is 0 Å². The Labute approximate surface area is 263 Å². The molecule has 1 amide bonds. The highest BCUT2D eigenvalue weighted by atomic mass is 16.5. The summed E-state index contributed by atoms with van der Waals surface area (Å²) in [5, 5.41) is 2.99. The van der Waals surface area contributed by atoms with E-state index in [2.05, 4.69) is 5.32 Å². The smallest absolute Gasteiger partial charge is 0.337 e. The maximum absolute atomic E-state index is 13.3. The van der Waals surface area contributed by atoms with Gasteiger partial charge in [0, 0.05) is 6.04 Å². The van der Waals surface area contributed by atoms with E-state index in [0.717, 1.165) is 43.6 Å². The Morgan fingerprint density at radius 1 is 0.711 bits per heavy atom. The fraction of sp³-hybridized carbons (Fsp3) is 0.400. The van der Waals surface area contributed by atoms with E-state index in [0.29, 0.717) is 31.1 Å². The summed E-state index contributed by atoms with van der Waals surface area (Å²) in [6.07, 6.45) is 4.52. The summed E-state index contributed by atoms with van der Waals surface area (Å²) in [4.78, 5) is 37.5. The molecular formula is C35H41NO9. The third-order valence-electron chi connectivity index (χ3n) is 7.44. The van der Waals surface area contributed by atoms with Gasteiger partial charge in [-0.1, -0.05) is 24.6 Å². The van der Waals surface area contributed by atoms with E-state index in [1.807, 2.05) is 54.6 Å². The van der Waals surface area contributed by atoms with E-state index < -0.39 is 11.9 Å². The number of methoxy groups -OCH3 is 2. The van der Waals surface area contributed by atoms with Crippen molar-refractivity contribution in [1.29, 1.82) is 0 Å². The van der Waals surface area contributed by atoms with E-state index in [1.165, 1.54) is 20.3 Å². The standard InChI is InChI=1S/C35H41NO9/c1-40-34(38)25-9-8-10-27(23-25)36-33(37)31-24-26(35(39)41-2)13-18-32(31)45-22-21-44-30-16-14-29(15-17-30)43-20-7-6-19-42-28-11-4-3-5-12-28/h3-5,11-18,24-25,27H,6-10,19-23H2,1-2H3,(H,36,37). The van der Waals surface area contributed by atoms with Gasteiger partial charge in [-0.05, 0) is 86.7 Å². The zero-order chi connectivity index (χ0) is 31.9. The van der Waals surface area contributed by atoms with Gasteiger partial charge < -0.3 is 33.7 Å². The first-order valence-electron chi connectivity index (χ1n) is 15.2. The Morgan fingerprint density at radius 2 is 1.33 bits per heavy atom. The molecule has 0 radical (unpaired) electrons. The molecule has 2 atom stereocenters. The quantitative estimate of drug-likeness (QED) is 0.161. The van der Waals surface area contributed by atoms with Crippen LogP contribution >= 0.6 is 0 Å². The van der Waals surface area contributed by atoms with Crippen molar-refractivity contribution >= 4 is 17.8 Å². The Balaban J connectivity index is 1.22. The first kappa shape index (κ1) is 33.2. The van der Waals surface area contributed by atoms with Crippen LogP contribution in [-0.4, -0.2) is 64.5 Å². The summed E-state index contributed by atoms with van der Waals surface area (Å²) in [5.74, 6) is 1.09. The predicted octanol–water partition coefficient (Wildman–Crippen LogP) is 5.63. The van der Waals surface area contributed by atoms with Gasteiger partial charge in [0.1, 0.15) is 36.2 Å². The van der Waals surface area contributed by atoms with Gasteiger partial charge in [0.25, 0.3) is 5.91 Å². The maximum Gasteiger partial charge on any atom is 0.337 e. The van der Waals surface area contributed by atoms with E-state index in [9.17, 15) is 14.4 Å². The lowest BCUT2D eigenvalue weighted by atomic mass is 9.85. The highest BCUT2D eigenvalue weighted by Crippen LogP contribution is 2.27. The number of amides is 1. The summed E-state index contributed by atoms with van der Waals surface area (Å²) >= 11 is 0. The molecule has 0 heterocycles. The van der Waals surface area contributed by atoms with Gasteiger partial charge in [0.05, 0.1) is 44.5 Å². The molecule has 0 bridgehead atoms. The topological polar surface area (TPSA) is 119 Å². The summed E-state index contributed by atoms with van der Waals surface area (Å²) in [6, 6.07) is 21.4. The summed E-state index contributed by atoms with van der Waals surface area (Å²) in [5.41, 5.74) is 0.427. The molecule has 3 aromatic carbocycles. The predicted molar refractivity (Wildman–Crippen MR) is 167 cm³/mol. The number of carbonyl (C=O) groups excluding carboxylic acids is 3. The molecule has 2 unspecified atom stereocenters. The third kappa shape index (κ3) is 10.4. The molecule has 45 heavy (non-hydrogen) atoms. The molecule has 0 spiro atoms. The first-order valence-corrected chi connectivity index (χ1v) is 15.2. The fourth-order valence-corrected chi connectivity index (χ4v) is 5.09. The zero-order valence-electron chi connectivity index (χ0n) is 25.8. The monoisotopic (exact) mass is 619 g/mol. The molecule has 0 aliphatic heterocycles. The van der Waals surface area contributed by atoms with Crippen LogP contribution in [0.5, 0.6) is 23.0 Å². The highest BCUT2D eigenvalue weighted by molar-refractivity contribution is 6.00. The minimum Gasteiger partial charge on any atom is -0.494 e. The number of ether oxygens (including phenoxy) is 6. The number of para-hydroxylation sites is 1. The number of benzene rings is 3. The second-order valence-electron chi connectivity index (χ2n) is 10.6. The average molecular weight is 620 g/mol. The van der Waals surface area contributed by atoms with Crippen molar-refractivity contribution in [2.24, 2.45) is 5.92 Å². The van der Waals surface area contributed by atoms with Crippen LogP contribution in [-0.2, 0) is 14.3 Å². The lowest BCUT2D eigenvalue weighted by Gasteiger charge is -2.28. The SMILES string of the molecule is COC(=O)c1ccc(OCCOc2ccc(OCCCCOc3ccccc3)cc2)c(C(=O)NC2CCCC(C(=O)OC)C2)c1. The number of hydrogen-bond donors (Lipinski definition) is 1. The van der Waals surface area contributed by atoms with Gasteiger partial charge in [-0.25, -0.2) is 4.79 Å². The molecule has 0 saturated heterocycles. The van der Waals surface area contributed by atoms with Crippen LogP contribution in [0.25, 0.3) is 0 Å². The molecule has 10 heteroatoms. The maximum atomic E-state index is 13.3. The summed E-state index contributed by atoms with van der Waals surface area (Å²) in [7, 11) is 2.65. The van der Waals surface area contributed by atoms with Crippen LogP contribution in [0.15, 0.2) is 72.8 Å². The first-order chi connectivity index (χ1) is 22.0. The molecule has 1 aliphatic carbocycles. The summed E-state index contributed by atoms with van der Waals surface area (Å²) in [6.45, 7) is 1.62. The Morgan fingerprint density at radius 3 is 1.98 bits per heavy atom. The minimum atomic E-state index is -0.563. The second kappa shape index (κ2) is 17.5. The van der Waals surface area contributed by atoms with Crippen LogP contribution in [0, 0.1) is 5.92 Å². The molecule has 1 fully saturated rings. The van der Waals surface area contributed by atoms with Crippen LogP contribution < -0.4 is 24.3 Å². The van der Waals surface area contributed by atoms with E-state index in [1.54, 1.807) is 12.1 Å². The second-order valence-corrected chi connectivity index (χ2v) is 10.6. The van der Waals surface area contributed by atoms with Crippen molar-refractivity contribution in [2.45, 2.75) is 44.6 Å². The number of esters is 2. The molecule has 1 saturated carbocycles. The lowest BCUT2D eigenvalue weighted by molar-refractivity contribution is -0.146. The van der Waals surface area contributed by atoms with Crippen molar-refractivity contribution in [3.05, 3.63) is 83.9 Å². The van der Waals surface area contributed by atoms with Gasteiger partial charge >= 0.3 is 11.9 Å². The van der Waals surface area contributed by atoms with Crippen molar-refractivity contribution in [1.82, 2.24) is 5.32 Å². The number of unbranched alkanes of at least 4 members (excludes halogenated alkanes) is 1. The van der Waals surface area contributed by atoms with Gasteiger partial charge in [-0.3, -0.25) is 9.59 Å². The average Bonchev–Trinajstić information content (AvgIpc) is 3.08. The molecule has 0 aromatic heterocycles. The van der Waals surface area contributed by atoms with Gasteiger partial charge in [0.15, 0.2) is 0 Å². The lowest BCUT2D eigenvalue weighted by Crippen LogP contribution is -2.40. The number of carbonyl (C=O) groups is 3. The normalized spacial score (nSPS) is 15.8. The van der Waals surface area contributed by atoms with E-state index in [-0.39, 0.29) is 42.3 Å². The van der Waals surface area contributed by atoms with E-state index in [4.69, 9.17) is 28.4 Å². The molecular weight excluding hydrogens is 578 g/mol. The van der Waals surface area contributed by atoms with E-state index >= 15 is 0 Å². The Bertz CT molecular complexity index is 1380. The molecule has 4 rings (SSSR count). The third-order valence-corrected chi connectivity index (χ3v) is 7.44. The number of rotatable bonds is 16. The Hall–Kier alpha value is -4.73. The molecule has 10 nitrogen and oxygen atoms in total. The summed E-state index contributed by atoms with van der Waals surface area (Å²) < 4.78 is 32.9. The molecule has 1 aliphatic rings. The number of nitrogens with one attached hydrogen (secondary N) is 1. The Kier molecular flexibility index (Phi) is 12.9. The van der Waals surface area contributed by atoms with Crippen molar-refractivity contribution in [3.63, 3.8) is 0 Å². The largest absolute Gasteiger partial charge is 0.494 e. The van der Waals surface area contributed by atoms with Crippen molar-refractivity contribution < 1.29 is 42.8 Å². The number of hydrogen-bond acceptors (Lipinski definition) is 9.